The molecule has 2 saturated heterocycles. The van der Waals surface area contributed by atoms with Crippen LogP contribution in [0, 0.1) is 5.92 Å². The van der Waals surface area contributed by atoms with Crippen molar-refractivity contribution in [3.05, 3.63) is 0 Å². The Morgan fingerprint density at radius 2 is 2.20 bits per heavy atom. The van der Waals surface area contributed by atoms with Gasteiger partial charge in [-0.15, -0.1) is 12.4 Å². The molecule has 2 rings (SSSR count). The quantitative estimate of drug-likeness (QED) is 0.708. The van der Waals surface area contributed by atoms with E-state index in [4.69, 9.17) is 4.74 Å². The molecule has 0 aromatic heterocycles. The van der Waals surface area contributed by atoms with Crippen LogP contribution in [0.1, 0.15) is 12.8 Å². The highest BCUT2D eigenvalue weighted by atomic mass is 35.5. The van der Waals surface area contributed by atoms with E-state index in [-0.39, 0.29) is 18.3 Å². The van der Waals surface area contributed by atoms with Gasteiger partial charge >= 0.3 is 0 Å². The lowest BCUT2D eigenvalue weighted by molar-refractivity contribution is -0.134. The molecule has 0 spiro atoms. The van der Waals surface area contributed by atoms with Crippen LogP contribution >= 0.6 is 12.4 Å². The molecule has 0 bridgehead atoms. The van der Waals surface area contributed by atoms with Gasteiger partial charge < -0.3 is 15.0 Å². The van der Waals surface area contributed by atoms with Crippen molar-refractivity contribution >= 4 is 18.3 Å². The smallest absolute Gasteiger partial charge is 0.227 e. The van der Waals surface area contributed by atoms with E-state index in [9.17, 15) is 4.79 Å². The molecule has 0 aliphatic carbocycles. The monoisotopic (exact) mass is 234 g/mol. The molecule has 2 aliphatic rings. The summed E-state index contributed by atoms with van der Waals surface area (Å²) in [6, 6.07) is 0. The van der Waals surface area contributed by atoms with Crippen molar-refractivity contribution in [2.75, 3.05) is 39.4 Å². The zero-order chi connectivity index (χ0) is 9.80. The van der Waals surface area contributed by atoms with Crippen molar-refractivity contribution in [3.8, 4) is 0 Å². The first-order chi connectivity index (χ1) is 6.88. The Bertz CT molecular complexity index is 200. The van der Waals surface area contributed by atoms with Crippen LogP contribution in [0.5, 0.6) is 0 Å². The van der Waals surface area contributed by atoms with Gasteiger partial charge in [0.2, 0.25) is 5.91 Å². The maximum Gasteiger partial charge on any atom is 0.227 e. The first kappa shape index (κ1) is 12.7. The minimum absolute atomic E-state index is 0. The van der Waals surface area contributed by atoms with Crippen molar-refractivity contribution in [1.82, 2.24) is 10.2 Å². The van der Waals surface area contributed by atoms with Crippen LogP contribution in [0.25, 0.3) is 0 Å². The number of ether oxygens (including phenoxy) is 1. The Morgan fingerprint density at radius 3 is 2.93 bits per heavy atom. The fourth-order valence-electron chi connectivity index (χ4n) is 2.09. The predicted molar refractivity (Wildman–Crippen MR) is 60.2 cm³/mol. The molecule has 1 amide bonds. The minimum atomic E-state index is 0. The van der Waals surface area contributed by atoms with Gasteiger partial charge in [0.25, 0.3) is 0 Å². The lowest BCUT2D eigenvalue weighted by Crippen LogP contribution is -2.38. The van der Waals surface area contributed by atoms with E-state index in [0.717, 1.165) is 45.6 Å². The molecule has 2 fully saturated rings. The third kappa shape index (κ3) is 3.33. The fraction of sp³-hybridized carbons (Fsp3) is 0.900. The molecule has 2 heterocycles. The minimum Gasteiger partial charge on any atom is -0.380 e. The molecule has 0 saturated carbocycles. The van der Waals surface area contributed by atoms with Crippen LogP contribution in [-0.4, -0.2) is 50.2 Å². The van der Waals surface area contributed by atoms with Gasteiger partial charge in [-0.2, -0.15) is 0 Å². The van der Waals surface area contributed by atoms with Crippen LogP contribution in [-0.2, 0) is 9.53 Å². The van der Waals surface area contributed by atoms with E-state index < -0.39 is 0 Å². The molecule has 15 heavy (non-hydrogen) atoms. The molecule has 4 nitrogen and oxygen atoms in total. The molecule has 0 radical (unpaired) electrons. The van der Waals surface area contributed by atoms with E-state index in [1.54, 1.807) is 0 Å². The Kier molecular flexibility index (Phi) is 5.36. The summed E-state index contributed by atoms with van der Waals surface area (Å²) in [7, 11) is 0. The second-order valence-electron chi connectivity index (χ2n) is 3.98. The Morgan fingerprint density at radius 1 is 1.33 bits per heavy atom. The molecule has 2 aliphatic heterocycles. The van der Waals surface area contributed by atoms with E-state index in [2.05, 4.69) is 5.32 Å². The topological polar surface area (TPSA) is 41.6 Å². The largest absolute Gasteiger partial charge is 0.380 e. The Labute approximate surface area is 96.7 Å². The average Bonchev–Trinajstić information content (AvgIpc) is 2.59. The summed E-state index contributed by atoms with van der Waals surface area (Å²) in [5, 5.41) is 3.23. The summed E-state index contributed by atoms with van der Waals surface area (Å²) in [5.41, 5.74) is 0. The van der Waals surface area contributed by atoms with Gasteiger partial charge in [0.15, 0.2) is 0 Å². The summed E-state index contributed by atoms with van der Waals surface area (Å²) >= 11 is 0. The van der Waals surface area contributed by atoms with E-state index in [0.29, 0.717) is 12.5 Å². The van der Waals surface area contributed by atoms with Gasteiger partial charge in [-0.05, 0) is 19.4 Å². The molecular formula is C10H19ClN2O2. The van der Waals surface area contributed by atoms with E-state index in [1.807, 2.05) is 4.90 Å². The molecular weight excluding hydrogens is 216 g/mol. The van der Waals surface area contributed by atoms with Crippen LogP contribution < -0.4 is 5.32 Å². The summed E-state index contributed by atoms with van der Waals surface area (Å²) in [5.74, 6) is 0.536. The van der Waals surface area contributed by atoms with Gasteiger partial charge in [-0.3, -0.25) is 4.79 Å². The van der Waals surface area contributed by atoms with Gasteiger partial charge in [0.1, 0.15) is 0 Å². The molecule has 0 unspecified atom stereocenters. The van der Waals surface area contributed by atoms with Crippen molar-refractivity contribution < 1.29 is 9.53 Å². The third-order valence-electron chi connectivity index (χ3n) is 2.94. The molecule has 0 aromatic rings. The second-order valence-corrected chi connectivity index (χ2v) is 3.98. The lowest BCUT2D eigenvalue weighted by atomic mass is 10.1. The molecule has 5 heteroatoms. The summed E-state index contributed by atoms with van der Waals surface area (Å²) < 4.78 is 5.33. The molecule has 1 N–H and O–H groups in total. The Hall–Kier alpha value is -0.320. The standard InChI is InChI=1S/C10H18N2O2.ClH/c13-10(9-2-3-11-8-9)12-4-1-6-14-7-5-12;/h9,11H,1-8H2;1H/t9-;/m1./s1. The van der Waals surface area contributed by atoms with Crippen molar-refractivity contribution in [2.45, 2.75) is 12.8 Å². The van der Waals surface area contributed by atoms with Gasteiger partial charge in [-0.1, -0.05) is 0 Å². The zero-order valence-corrected chi connectivity index (χ0v) is 9.72. The highest BCUT2D eigenvalue weighted by Crippen LogP contribution is 2.12. The van der Waals surface area contributed by atoms with Gasteiger partial charge in [0.05, 0.1) is 12.5 Å². The van der Waals surface area contributed by atoms with E-state index in [1.165, 1.54) is 0 Å². The first-order valence-electron chi connectivity index (χ1n) is 5.45. The van der Waals surface area contributed by atoms with Crippen LogP contribution in [0.4, 0.5) is 0 Å². The number of nitrogens with one attached hydrogen (secondary N) is 1. The third-order valence-corrected chi connectivity index (χ3v) is 2.94. The van der Waals surface area contributed by atoms with Crippen LogP contribution in [0.15, 0.2) is 0 Å². The van der Waals surface area contributed by atoms with E-state index >= 15 is 0 Å². The normalized spacial score (nSPS) is 26.9. The van der Waals surface area contributed by atoms with Crippen LogP contribution in [0.3, 0.4) is 0 Å². The van der Waals surface area contributed by atoms with Crippen molar-refractivity contribution in [3.63, 3.8) is 0 Å². The summed E-state index contributed by atoms with van der Waals surface area (Å²) in [6.07, 6.45) is 1.97. The number of carbonyl (C=O) groups excluding carboxylic acids is 1. The number of amides is 1. The number of halogens is 1. The van der Waals surface area contributed by atoms with Crippen molar-refractivity contribution in [1.29, 1.82) is 0 Å². The van der Waals surface area contributed by atoms with Crippen molar-refractivity contribution in [2.24, 2.45) is 5.92 Å². The van der Waals surface area contributed by atoms with Gasteiger partial charge in [-0.25, -0.2) is 0 Å². The molecule has 1 atom stereocenters. The lowest BCUT2D eigenvalue weighted by Gasteiger charge is -2.22. The zero-order valence-electron chi connectivity index (χ0n) is 8.91. The molecule has 88 valence electrons. The number of rotatable bonds is 1. The highest BCUT2D eigenvalue weighted by Gasteiger charge is 2.27. The predicted octanol–water partition coefficient (Wildman–Crippen LogP) is 0.267. The van der Waals surface area contributed by atoms with Gasteiger partial charge in [0, 0.05) is 26.2 Å². The fourth-order valence-corrected chi connectivity index (χ4v) is 2.09. The maximum atomic E-state index is 12.0. The number of nitrogens with zero attached hydrogens (tertiary/aromatic N) is 1. The van der Waals surface area contributed by atoms with Crippen LogP contribution in [0.2, 0.25) is 0 Å². The maximum absolute atomic E-state index is 12.0. The Balaban J connectivity index is 0.00000112. The first-order valence-corrected chi connectivity index (χ1v) is 5.45. The molecule has 0 aromatic carbocycles. The number of hydrogen-bond acceptors (Lipinski definition) is 3. The SMILES string of the molecule is Cl.O=C([C@@H]1CCNC1)N1CCCOCC1. The second kappa shape index (κ2) is 6.30. The summed E-state index contributed by atoms with van der Waals surface area (Å²) in [4.78, 5) is 13.9. The summed E-state index contributed by atoms with van der Waals surface area (Å²) in [6.45, 7) is 4.99. The highest BCUT2D eigenvalue weighted by molar-refractivity contribution is 5.85. The number of carbonyl (C=O) groups is 1. The number of hydrogen-bond donors (Lipinski definition) is 1. The average molecular weight is 235 g/mol.